The lowest BCUT2D eigenvalue weighted by molar-refractivity contribution is -0.146. The highest BCUT2D eigenvalue weighted by atomic mass is 16.5. The van der Waals surface area contributed by atoms with E-state index in [0.29, 0.717) is 12.5 Å². The van der Waals surface area contributed by atoms with Crippen LogP contribution in [0, 0.1) is 11.8 Å². The van der Waals surface area contributed by atoms with Crippen molar-refractivity contribution in [2.45, 2.75) is 38.6 Å². The van der Waals surface area contributed by atoms with Crippen LogP contribution < -0.4 is 5.32 Å². The monoisotopic (exact) mass is 197 g/mol. The summed E-state index contributed by atoms with van der Waals surface area (Å²) >= 11 is 0. The Labute approximate surface area is 85.2 Å². The van der Waals surface area contributed by atoms with Gasteiger partial charge in [-0.05, 0) is 37.6 Å². The molecule has 14 heavy (non-hydrogen) atoms. The minimum Gasteiger partial charge on any atom is -0.465 e. The average Bonchev–Trinajstić information content (AvgIpc) is 2.74. The van der Waals surface area contributed by atoms with Crippen molar-refractivity contribution in [3.63, 3.8) is 0 Å². The van der Waals surface area contributed by atoms with E-state index in [2.05, 4.69) is 5.32 Å². The molecule has 3 atom stereocenters. The van der Waals surface area contributed by atoms with Crippen molar-refractivity contribution in [1.82, 2.24) is 5.32 Å². The van der Waals surface area contributed by atoms with Crippen molar-refractivity contribution >= 4 is 5.97 Å². The molecule has 0 aromatic heterocycles. The van der Waals surface area contributed by atoms with Crippen LogP contribution in [0.5, 0.6) is 0 Å². The Morgan fingerprint density at radius 2 is 2.36 bits per heavy atom. The summed E-state index contributed by atoms with van der Waals surface area (Å²) in [6.45, 7) is 3.60. The van der Waals surface area contributed by atoms with Gasteiger partial charge in [-0.2, -0.15) is 0 Å². The molecule has 3 unspecified atom stereocenters. The molecule has 0 radical (unpaired) electrons. The number of ether oxygens (including phenoxy) is 1. The Bertz CT molecular complexity index is 217. The molecule has 2 rings (SSSR count). The summed E-state index contributed by atoms with van der Waals surface area (Å²) in [6, 6.07) is -0.00551. The number of nitrogens with one attached hydrogen (secondary N) is 1. The van der Waals surface area contributed by atoms with Crippen LogP contribution in [0.2, 0.25) is 0 Å². The Balaban J connectivity index is 1.88. The van der Waals surface area contributed by atoms with E-state index in [1.807, 2.05) is 6.92 Å². The average molecular weight is 197 g/mol. The first kappa shape index (κ1) is 9.97. The van der Waals surface area contributed by atoms with E-state index < -0.39 is 0 Å². The maximum Gasteiger partial charge on any atom is 0.323 e. The maximum absolute atomic E-state index is 11.7. The van der Waals surface area contributed by atoms with Crippen LogP contribution >= 0.6 is 0 Å². The number of carbonyl (C=O) groups is 1. The third kappa shape index (κ3) is 1.78. The van der Waals surface area contributed by atoms with Gasteiger partial charge < -0.3 is 10.1 Å². The molecule has 3 heteroatoms. The smallest absolute Gasteiger partial charge is 0.323 e. The van der Waals surface area contributed by atoms with E-state index in [1.165, 1.54) is 19.3 Å². The van der Waals surface area contributed by atoms with Crippen LogP contribution in [0.25, 0.3) is 0 Å². The first-order valence-electron chi connectivity index (χ1n) is 5.73. The molecule has 0 aromatic rings. The van der Waals surface area contributed by atoms with Crippen molar-refractivity contribution in [3.8, 4) is 0 Å². The van der Waals surface area contributed by atoms with Crippen LogP contribution in [0.4, 0.5) is 0 Å². The van der Waals surface area contributed by atoms with Gasteiger partial charge in [0.25, 0.3) is 0 Å². The van der Waals surface area contributed by atoms with Crippen LogP contribution in [-0.2, 0) is 9.53 Å². The highest BCUT2D eigenvalue weighted by Gasteiger charge is 2.43. The summed E-state index contributed by atoms with van der Waals surface area (Å²) in [5.74, 6) is 1.26. The fourth-order valence-corrected chi connectivity index (χ4v) is 2.74. The molecule has 80 valence electrons. The number of fused-ring (bicyclic) bond motifs is 1. The minimum absolute atomic E-state index is 0.00551. The Morgan fingerprint density at radius 3 is 3.14 bits per heavy atom. The fraction of sp³-hybridized carbons (Fsp3) is 0.909. The van der Waals surface area contributed by atoms with Gasteiger partial charge in [0.05, 0.1) is 6.61 Å². The topological polar surface area (TPSA) is 38.3 Å². The van der Waals surface area contributed by atoms with Gasteiger partial charge in [0.15, 0.2) is 0 Å². The summed E-state index contributed by atoms with van der Waals surface area (Å²) in [7, 11) is 0. The molecule has 0 bridgehead atoms. The number of hydrogen-bond donors (Lipinski definition) is 1. The summed E-state index contributed by atoms with van der Waals surface area (Å²) in [5, 5.41) is 3.29. The summed E-state index contributed by atoms with van der Waals surface area (Å²) in [6.07, 6.45) is 4.68. The highest BCUT2D eigenvalue weighted by Crippen LogP contribution is 2.37. The van der Waals surface area contributed by atoms with Gasteiger partial charge in [-0.1, -0.05) is 13.3 Å². The molecule has 1 saturated carbocycles. The Morgan fingerprint density at radius 1 is 1.50 bits per heavy atom. The normalized spacial score (nSPS) is 35.6. The van der Waals surface area contributed by atoms with Gasteiger partial charge in [0.2, 0.25) is 0 Å². The molecule has 3 nitrogen and oxygen atoms in total. The second-order valence-corrected chi connectivity index (χ2v) is 4.41. The molecule has 0 aromatic carbocycles. The zero-order valence-electron chi connectivity index (χ0n) is 8.79. The van der Waals surface area contributed by atoms with E-state index in [4.69, 9.17) is 4.74 Å². The predicted molar refractivity (Wildman–Crippen MR) is 53.9 cm³/mol. The number of rotatable bonds is 3. The summed E-state index contributed by atoms with van der Waals surface area (Å²) in [4.78, 5) is 11.7. The third-order valence-electron chi connectivity index (χ3n) is 3.45. The van der Waals surface area contributed by atoms with Gasteiger partial charge in [0.1, 0.15) is 6.04 Å². The largest absolute Gasteiger partial charge is 0.465 e. The molecular formula is C11H19NO2. The second kappa shape index (κ2) is 4.30. The standard InChI is InChI=1S/C11H19NO2/c1-2-6-14-11(13)10-9-5-3-4-8(9)7-12-10/h8-10,12H,2-7H2,1H3. The second-order valence-electron chi connectivity index (χ2n) is 4.41. The van der Waals surface area contributed by atoms with Crippen LogP contribution in [0.1, 0.15) is 32.6 Å². The van der Waals surface area contributed by atoms with Crippen LogP contribution in [0.3, 0.4) is 0 Å². The van der Waals surface area contributed by atoms with Gasteiger partial charge in [-0.15, -0.1) is 0 Å². The lowest BCUT2D eigenvalue weighted by atomic mass is 9.94. The zero-order chi connectivity index (χ0) is 9.97. The maximum atomic E-state index is 11.7. The van der Waals surface area contributed by atoms with Crippen LogP contribution in [0.15, 0.2) is 0 Å². The number of hydrogen-bond acceptors (Lipinski definition) is 3. The number of esters is 1. The molecule has 1 N–H and O–H groups in total. The van der Waals surface area contributed by atoms with Crippen molar-refractivity contribution in [3.05, 3.63) is 0 Å². The lowest BCUT2D eigenvalue weighted by Crippen LogP contribution is -2.37. The van der Waals surface area contributed by atoms with E-state index in [1.54, 1.807) is 0 Å². The van der Waals surface area contributed by atoms with Crippen molar-refractivity contribution in [2.75, 3.05) is 13.2 Å². The van der Waals surface area contributed by atoms with E-state index in [9.17, 15) is 4.79 Å². The molecule has 1 saturated heterocycles. The fourth-order valence-electron chi connectivity index (χ4n) is 2.74. The van der Waals surface area contributed by atoms with E-state index >= 15 is 0 Å². The van der Waals surface area contributed by atoms with Crippen molar-refractivity contribution < 1.29 is 9.53 Å². The highest BCUT2D eigenvalue weighted by molar-refractivity contribution is 5.76. The Kier molecular flexibility index (Phi) is 3.06. The quantitative estimate of drug-likeness (QED) is 0.694. The van der Waals surface area contributed by atoms with Gasteiger partial charge >= 0.3 is 5.97 Å². The molecule has 1 aliphatic heterocycles. The molecule has 1 aliphatic carbocycles. The molecular weight excluding hydrogens is 178 g/mol. The minimum atomic E-state index is -0.0266. The molecule has 1 heterocycles. The van der Waals surface area contributed by atoms with E-state index in [-0.39, 0.29) is 12.0 Å². The first-order valence-corrected chi connectivity index (χ1v) is 5.73. The first-order chi connectivity index (χ1) is 6.83. The molecule has 0 spiro atoms. The predicted octanol–water partition coefficient (Wildman–Crippen LogP) is 1.33. The third-order valence-corrected chi connectivity index (χ3v) is 3.45. The lowest BCUT2D eigenvalue weighted by Gasteiger charge is -2.16. The molecule has 2 fully saturated rings. The number of carbonyl (C=O) groups excluding carboxylic acids is 1. The molecule has 0 amide bonds. The van der Waals surface area contributed by atoms with Crippen molar-refractivity contribution in [1.29, 1.82) is 0 Å². The van der Waals surface area contributed by atoms with Gasteiger partial charge in [-0.25, -0.2) is 0 Å². The zero-order valence-corrected chi connectivity index (χ0v) is 8.79. The SMILES string of the molecule is CCCOC(=O)C1NCC2CCCC21. The molecule has 2 aliphatic rings. The van der Waals surface area contributed by atoms with Crippen LogP contribution in [-0.4, -0.2) is 25.2 Å². The summed E-state index contributed by atoms with van der Waals surface area (Å²) in [5.41, 5.74) is 0. The van der Waals surface area contributed by atoms with Gasteiger partial charge in [0, 0.05) is 0 Å². The van der Waals surface area contributed by atoms with E-state index in [0.717, 1.165) is 18.9 Å². The Hall–Kier alpha value is -0.570. The van der Waals surface area contributed by atoms with Crippen molar-refractivity contribution in [2.24, 2.45) is 11.8 Å². The van der Waals surface area contributed by atoms with Gasteiger partial charge in [-0.3, -0.25) is 4.79 Å². The summed E-state index contributed by atoms with van der Waals surface area (Å²) < 4.78 is 5.18.